The highest BCUT2D eigenvalue weighted by Crippen LogP contribution is 2.09. The van der Waals surface area contributed by atoms with E-state index in [1.807, 2.05) is 0 Å². The lowest BCUT2D eigenvalue weighted by atomic mass is 10.3. The van der Waals surface area contributed by atoms with Gasteiger partial charge in [0, 0.05) is 6.20 Å². The Hall–Kier alpha value is -1.50. The van der Waals surface area contributed by atoms with E-state index in [0.717, 1.165) is 18.3 Å². The highest BCUT2D eigenvalue weighted by atomic mass is 32.3. The number of nitrogens with zero attached hydrogens (tertiary/aromatic N) is 1. The van der Waals surface area contributed by atoms with Gasteiger partial charge >= 0.3 is 16.2 Å². The molecular weight excluding hydrogens is 213 g/mol. The zero-order valence-electron chi connectivity index (χ0n) is 7.10. The minimum atomic E-state index is -4.82. The van der Waals surface area contributed by atoms with Crippen LogP contribution in [0.15, 0.2) is 23.4 Å². The van der Waals surface area contributed by atoms with Gasteiger partial charge in [0.05, 0.1) is 12.7 Å². The molecule has 0 bridgehead atoms. The maximum Gasteiger partial charge on any atom is 0.349 e. The third-order valence-corrected chi connectivity index (χ3v) is 2.15. The second-order valence-corrected chi connectivity index (χ2v) is 3.61. The zero-order valence-corrected chi connectivity index (χ0v) is 7.91. The molecule has 0 aliphatic carbocycles. The van der Waals surface area contributed by atoms with Crippen molar-refractivity contribution in [1.29, 1.82) is 0 Å². The van der Waals surface area contributed by atoms with E-state index in [4.69, 9.17) is 0 Å². The second kappa shape index (κ2) is 3.70. The van der Waals surface area contributed by atoms with Crippen LogP contribution >= 0.6 is 0 Å². The number of aromatic nitrogens is 1. The third-order valence-electron chi connectivity index (χ3n) is 1.41. The van der Waals surface area contributed by atoms with Crippen molar-refractivity contribution in [3.63, 3.8) is 0 Å². The fourth-order valence-electron chi connectivity index (χ4n) is 0.763. The molecule has 0 saturated heterocycles. The van der Waals surface area contributed by atoms with E-state index in [-0.39, 0.29) is 5.56 Å². The van der Waals surface area contributed by atoms with E-state index in [2.05, 4.69) is 9.72 Å². The summed E-state index contributed by atoms with van der Waals surface area (Å²) in [5, 5.41) is -0.731. The van der Waals surface area contributed by atoms with Crippen LogP contribution in [0.4, 0.5) is 3.89 Å². The summed E-state index contributed by atoms with van der Waals surface area (Å²) in [6.45, 7) is 0. The molecule has 0 atom stereocenters. The van der Waals surface area contributed by atoms with Crippen LogP contribution in [0, 0.1) is 0 Å². The fourth-order valence-corrected chi connectivity index (χ4v) is 1.17. The van der Waals surface area contributed by atoms with Crippen LogP contribution in [0.25, 0.3) is 0 Å². The second-order valence-electron chi connectivity index (χ2n) is 2.31. The van der Waals surface area contributed by atoms with Crippen molar-refractivity contribution in [2.24, 2.45) is 0 Å². The maximum absolute atomic E-state index is 12.3. The van der Waals surface area contributed by atoms with Gasteiger partial charge in [0.25, 0.3) is 0 Å². The minimum Gasteiger partial charge on any atom is -0.465 e. The normalized spacial score (nSPS) is 11.0. The van der Waals surface area contributed by atoms with Crippen molar-refractivity contribution in [3.05, 3.63) is 23.9 Å². The monoisotopic (exact) mass is 219 g/mol. The molecule has 0 radical (unpaired) electrons. The molecule has 1 aromatic heterocycles. The van der Waals surface area contributed by atoms with Crippen LogP contribution in [-0.2, 0) is 15.0 Å². The zero-order chi connectivity index (χ0) is 10.8. The lowest BCUT2D eigenvalue weighted by Gasteiger charge is -1.98. The lowest BCUT2D eigenvalue weighted by Crippen LogP contribution is -2.03. The molecule has 0 unspecified atom stereocenters. The maximum atomic E-state index is 12.3. The van der Waals surface area contributed by atoms with Gasteiger partial charge in [0.15, 0.2) is 5.03 Å². The largest absolute Gasteiger partial charge is 0.465 e. The summed E-state index contributed by atoms with van der Waals surface area (Å²) in [5.74, 6) is -0.666. The smallest absolute Gasteiger partial charge is 0.349 e. The molecule has 5 nitrogen and oxygen atoms in total. The van der Waals surface area contributed by atoms with Crippen molar-refractivity contribution in [3.8, 4) is 0 Å². The van der Waals surface area contributed by atoms with Gasteiger partial charge in [-0.1, -0.05) is 3.89 Å². The number of rotatable bonds is 2. The standard InChI is InChI=1S/C7H6FNO4S/c1-13-7(10)5-2-3-6(9-4-5)14(8,11)12/h2-4H,1H3. The molecule has 0 N–H and O–H groups in total. The molecule has 0 aliphatic rings. The van der Waals surface area contributed by atoms with Crippen molar-refractivity contribution in [2.45, 2.75) is 5.03 Å². The predicted octanol–water partition coefficient (Wildman–Crippen LogP) is 0.526. The van der Waals surface area contributed by atoms with E-state index in [1.54, 1.807) is 0 Å². The fraction of sp³-hybridized carbons (Fsp3) is 0.143. The van der Waals surface area contributed by atoms with Crippen LogP contribution in [0.1, 0.15) is 10.4 Å². The summed E-state index contributed by atoms with van der Waals surface area (Å²) in [4.78, 5) is 14.1. The topological polar surface area (TPSA) is 73.3 Å². The Kier molecular flexibility index (Phi) is 2.80. The van der Waals surface area contributed by atoms with Crippen LogP contribution in [-0.4, -0.2) is 26.5 Å². The van der Waals surface area contributed by atoms with E-state index >= 15 is 0 Å². The molecule has 0 saturated carbocycles. The predicted molar refractivity (Wildman–Crippen MR) is 43.9 cm³/mol. The highest BCUT2D eigenvalue weighted by molar-refractivity contribution is 7.86. The van der Waals surface area contributed by atoms with Gasteiger partial charge in [-0.3, -0.25) is 0 Å². The van der Waals surface area contributed by atoms with Crippen LogP contribution in [0.5, 0.6) is 0 Å². The summed E-state index contributed by atoms with van der Waals surface area (Å²) in [6, 6.07) is 2.01. The summed E-state index contributed by atoms with van der Waals surface area (Å²) in [7, 11) is -3.65. The van der Waals surface area contributed by atoms with Crippen molar-refractivity contribution in [1.82, 2.24) is 4.98 Å². The number of esters is 1. The van der Waals surface area contributed by atoms with Gasteiger partial charge in [-0.25, -0.2) is 9.78 Å². The number of hydrogen-bond donors (Lipinski definition) is 0. The summed E-state index contributed by atoms with van der Waals surface area (Å²) in [5.41, 5.74) is 0.0555. The van der Waals surface area contributed by atoms with E-state index < -0.39 is 21.2 Å². The third kappa shape index (κ3) is 2.25. The number of halogens is 1. The number of hydrogen-bond acceptors (Lipinski definition) is 5. The van der Waals surface area contributed by atoms with Crippen molar-refractivity contribution in [2.75, 3.05) is 7.11 Å². The molecule has 14 heavy (non-hydrogen) atoms. The summed E-state index contributed by atoms with van der Waals surface area (Å²) in [6.07, 6.45) is 0.929. The molecule has 1 heterocycles. The first-order chi connectivity index (χ1) is 6.45. The molecule has 0 amide bonds. The number of pyridine rings is 1. The Balaban J connectivity index is 3.07. The quantitative estimate of drug-likeness (QED) is 0.535. The molecule has 76 valence electrons. The first-order valence-electron chi connectivity index (χ1n) is 3.44. The average molecular weight is 219 g/mol. The van der Waals surface area contributed by atoms with Gasteiger partial charge in [-0.15, -0.1) is 0 Å². The SMILES string of the molecule is COC(=O)c1ccc(S(=O)(=O)F)nc1. The first kappa shape index (κ1) is 10.6. The highest BCUT2D eigenvalue weighted by Gasteiger charge is 2.14. The van der Waals surface area contributed by atoms with Gasteiger partial charge in [-0.2, -0.15) is 8.42 Å². The van der Waals surface area contributed by atoms with Crippen LogP contribution in [0.3, 0.4) is 0 Å². The molecule has 1 rings (SSSR count). The molecule has 0 aromatic carbocycles. The van der Waals surface area contributed by atoms with E-state index in [9.17, 15) is 17.1 Å². The van der Waals surface area contributed by atoms with Crippen molar-refractivity contribution >= 4 is 16.2 Å². The van der Waals surface area contributed by atoms with Crippen LogP contribution in [0.2, 0.25) is 0 Å². The van der Waals surface area contributed by atoms with E-state index in [0.29, 0.717) is 0 Å². The van der Waals surface area contributed by atoms with Crippen molar-refractivity contribution < 1.29 is 21.8 Å². The number of methoxy groups -OCH3 is 1. The van der Waals surface area contributed by atoms with E-state index in [1.165, 1.54) is 7.11 Å². The number of carbonyl (C=O) groups is 1. The average Bonchev–Trinajstić information content (AvgIpc) is 2.15. The van der Waals surface area contributed by atoms with Gasteiger partial charge in [0.1, 0.15) is 0 Å². The molecule has 0 fully saturated rings. The Morgan fingerprint density at radius 2 is 2.14 bits per heavy atom. The Labute approximate surface area is 79.7 Å². The molecule has 7 heteroatoms. The van der Waals surface area contributed by atoms with Gasteiger partial charge in [-0.05, 0) is 12.1 Å². The minimum absolute atomic E-state index is 0.0555. The molecule has 1 aromatic rings. The summed E-state index contributed by atoms with van der Waals surface area (Å²) < 4.78 is 37.3. The molecule has 0 spiro atoms. The summed E-state index contributed by atoms with van der Waals surface area (Å²) >= 11 is 0. The van der Waals surface area contributed by atoms with Gasteiger partial charge in [0.2, 0.25) is 0 Å². The Bertz CT molecular complexity index is 439. The molecule has 0 aliphatic heterocycles. The molecular formula is C7H6FNO4S. The lowest BCUT2D eigenvalue weighted by molar-refractivity contribution is 0.0600. The first-order valence-corrected chi connectivity index (χ1v) is 4.82. The van der Waals surface area contributed by atoms with Crippen LogP contribution < -0.4 is 0 Å². The number of ether oxygens (including phenoxy) is 1. The van der Waals surface area contributed by atoms with Gasteiger partial charge < -0.3 is 4.74 Å². The Morgan fingerprint density at radius 3 is 2.50 bits per heavy atom. The number of carbonyl (C=O) groups excluding carboxylic acids is 1. The Morgan fingerprint density at radius 1 is 1.50 bits per heavy atom.